The zero-order valence-corrected chi connectivity index (χ0v) is 12.2. The Hall–Kier alpha value is -0.420. The van der Waals surface area contributed by atoms with E-state index in [1.54, 1.807) is 0 Å². The minimum Gasteiger partial charge on any atom is -0.368 e. The smallest absolute Gasteiger partial charge is 0.165 e. The number of carbonyl (C=O) groups is 1. The van der Waals surface area contributed by atoms with Crippen molar-refractivity contribution in [2.45, 2.75) is 57.5 Å². The molecule has 18 heavy (non-hydrogen) atoms. The summed E-state index contributed by atoms with van der Waals surface area (Å²) >= 11 is 0. The molecule has 0 amide bonds. The van der Waals surface area contributed by atoms with E-state index in [1.165, 1.54) is 6.26 Å². The number of hydrogen-bond donors (Lipinski definition) is 0. The summed E-state index contributed by atoms with van der Waals surface area (Å²) in [4.78, 5) is 12.3. The van der Waals surface area contributed by atoms with Gasteiger partial charge in [0.25, 0.3) is 0 Å². The summed E-state index contributed by atoms with van der Waals surface area (Å²) in [6.45, 7) is 2.39. The van der Waals surface area contributed by atoms with E-state index in [4.69, 9.17) is 4.74 Å². The van der Waals surface area contributed by atoms with Crippen LogP contribution in [-0.4, -0.2) is 38.4 Å². The molecule has 0 aromatic carbocycles. The summed E-state index contributed by atoms with van der Waals surface area (Å²) in [7, 11) is -3.09. The zero-order chi connectivity index (χ0) is 13.6. The van der Waals surface area contributed by atoms with E-state index in [9.17, 15) is 13.2 Å². The van der Waals surface area contributed by atoms with Crippen LogP contribution in [0.2, 0.25) is 0 Å². The predicted molar refractivity (Wildman–Crippen MR) is 71.4 cm³/mol. The molecule has 0 radical (unpaired) electrons. The van der Waals surface area contributed by atoms with Crippen LogP contribution in [0.3, 0.4) is 0 Å². The molecule has 1 rings (SSSR count). The van der Waals surface area contributed by atoms with E-state index in [0.717, 1.165) is 38.5 Å². The van der Waals surface area contributed by atoms with Crippen LogP contribution in [0.15, 0.2) is 0 Å². The van der Waals surface area contributed by atoms with E-state index in [0.29, 0.717) is 6.61 Å². The zero-order valence-electron chi connectivity index (χ0n) is 11.4. The fourth-order valence-electron chi connectivity index (χ4n) is 2.59. The fourth-order valence-corrected chi connectivity index (χ4v) is 3.14. The minimum atomic E-state index is -3.09. The lowest BCUT2D eigenvalue weighted by Gasteiger charge is -2.31. The van der Waals surface area contributed by atoms with Crippen LogP contribution in [0.1, 0.15) is 51.9 Å². The average molecular weight is 276 g/mol. The van der Waals surface area contributed by atoms with Crippen LogP contribution in [0.5, 0.6) is 0 Å². The second-order valence-corrected chi connectivity index (χ2v) is 7.40. The third-order valence-corrected chi connectivity index (χ3v) is 4.49. The molecule has 1 aliphatic carbocycles. The van der Waals surface area contributed by atoms with Crippen molar-refractivity contribution in [1.29, 1.82) is 0 Å². The van der Waals surface area contributed by atoms with E-state index in [-0.39, 0.29) is 18.0 Å². The summed E-state index contributed by atoms with van der Waals surface area (Å²) in [6.07, 6.45) is 6.98. The number of sulfone groups is 1. The second-order valence-electron chi connectivity index (χ2n) is 5.14. The van der Waals surface area contributed by atoms with Gasteiger partial charge >= 0.3 is 0 Å². The minimum absolute atomic E-state index is 0.0309. The number of carbonyl (C=O) groups excluding carboxylic acids is 1. The lowest BCUT2D eigenvalue weighted by atomic mass is 9.88. The van der Waals surface area contributed by atoms with Crippen LogP contribution < -0.4 is 0 Å². The van der Waals surface area contributed by atoms with Crippen LogP contribution in [0, 0.1) is 0 Å². The molecule has 0 aromatic rings. The van der Waals surface area contributed by atoms with Crippen molar-refractivity contribution in [3.8, 4) is 0 Å². The summed E-state index contributed by atoms with van der Waals surface area (Å²) in [5.41, 5.74) is -0.712. The highest BCUT2D eigenvalue weighted by Gasteiger charge is 2.38. The second kappa shape index (κ2) is 6.66. The number of Topliss-reactive ketones (excluding diaryl/α,β-unsaturated/α-hetero) is 1. The largest absolute Gasteiger partial charge is 0.368 e. The highest BCUT2D eigenvalue weighted by Crippen LogP contribution is 2.32. The molecule has 0 heterocycles. The lowest BCUT2D eigenvalue weighted by molar-refractivity contribution is -0.146. The highest BCUT2D eigenvalue weighted by molar-refractivity contribution is 7.90. The first-order valence-corrected chi connectivity index (χ1v) is 8.81. The fraction of sp³-hybridized carbons (Fsp3) is 0.923. The van der Waals surface area contributed by atoms with Crippen molar-refractivity contribution >= 4 is 15.6 Å². The third kappa shape index (κ3) is 4.69. The number of rotatable bonds is 6. The van der Waals surface area contributed by atoms with E-state index < -0.39 is 15.4 Å². The van der Waals surface area contributed by atoms with Crippen LogP contribution in [-0.2, 0) is 19.4 Å². The van der Waals surface area contributed by atoms with Gasteiger partial charge in [-0.1, -0.05) is 25.7 Å². The van der Waals surface area contributed by atoms with E-state index in [2.05, 4.69) is 0 Å². The molecule has 0 aliphatic heterocycles. The van der Waals surface area contributed by atoms with Gasteiger partial charge in [-0.25, -0.2) is 8.42 Å². The van der Waals surface area contributed by atoms with E-state index in [1.807, 2.05) is 6.92 Å². The highest BCUT2D eigenvalue weighted by atomic mass is 32.2. The third-order valence-electron chi connectivity index (χ3n) is 3.54. The Morgan fingerprint density at radius 2 is 1.72 bits per heavy atom. The molecule has 0 bridgehead atoms. The first-order valence-electron chi connectivity index (χ1n) is 6.74. The molecule has 0 unspecified atom stereocenters. The maximum atomic E-state index is 12.3. The number of hydrogen-bond acceptors (Lipinski definition) is 4. The van der Waals surface area contributed by atoms with Gasteiger partial charge in [-0.2, -0.15) is 0 Å². The predicted octanol–water partition coefficient (Wildman–Crippen LogP) is 2.12. The Balaban J connectivity index is 2.72. The molecule has 0 N–H and O–H groups in total. The van der Waals surface area contributed by atoms with Crippen LogP contribution in [0.4, 0.5) is 0 Å². The first-order chi connectivity index (χ1) is 8.40. The van der Waals surface area contributed by atoms with Gasteiger partial charge in [0.15, 0.2) is 5.78 Å². The Morgan fingerprint density at radius 1 is 1.17 bits per heavy atom. The Kier molecular flexibility index (Phi) is 5.79. The molecule has 0 atom stereocenters. The molecule has 1 aliphatic rings. The molecule has 0 aromatic heterocycles. The van der Waals surface area contributed by atoms with Crippen molar-refractivity contribution in [2.75, 3.05) is 18.6 Å². The summed E-state index contributed by atoms with van der Waals surface area (Å²) in [6, 6.07) is 0. The molecule has 106 valence electrons. The monoisotopic (exact) mass is 276 g/mol. The van der Waals surface area contributed by atoms with Gasteiger partial charge in [-0.05, 0) is 19.8 Å². The molecule has 1 fully saturated rings. The van der Waals surface area contributed by atoms with Gasteiger partial charge in [0.1, 0.15) is 15.4 Å². The van der Waals surface area contributed by atoms with Crippen molar-refractivity contribution in [2.24, 2.45) is 0 Å². The normalized spacial score (nSPS) is 20.3. The maximum Gasteiger partial charge on any atom is 0.165 e. The molecule has 0 spiro atoms. The molecule has 5 heteroatoms. The topological polar surface area (TPSA) is 60.4 Å². The SMILES string of the molecule is CCOC1(C(=O)CCS(C)(=O)=O)CCCCCC1. The van der Waals surface area contributed by atoms with Crippen LogP contribution in [0.25, 0.3) is 0 Å². The van der Waals surface area contributed by atoms with Gasteiger partial charge in [0.2, 0.25) is 0 Å². The Bertz CT molecular complexity index is 364. The molecular formula is C13H24O4S. The first kappa shape index (κ1) is 15.6. The molecule has 4 nitrogen and oxygen atoms in total. The summed E-state index contributed by atoms with van der Waals surface area (Å²) in [5.74, 6) is -0.0996. The summed E-state index contributed by atoms with van der Waals surface area (Å²) in [5, 5.41) is 0. The molecular weight excluding hydrogens is 252 g/mol. The Labute approximate surface area is 110 Å². The summed E-state index contributed by atoms with van der Waals surface area (Å²) < 4.78 is 28.0. The van der Waals surface area contributed by atoms with Gasteiger partial charge in [0, 0.05) is 19.3 Å². The van der Waals surface area contributed by atoms with Gasteiger partial charge < -0.3 is 4.74 Å². The lowest BCUT2D eigenvalue weighted by Crippen LogP contribution is -2.42. The van der Waals surface area contributed by atoms with Gasteiger partial charge in [-0.3, -0.25) is 4.79 Å². The van der Waals surface area contributed by atoms with Crippen molar-refractivity contribution < 1.29 is 17.9 Å². The average Bonchev–Trinajstić information content (AvgIpc) is 2.52. The Morgan fingerprint density at radius 3 is 2.17 bits per heavy atom. The molecule has 1 saturated carbocycles. The quantitative estimate of drug-likeness (QED) is 0.697. The number of ketones is 1. The van der Waals surface area contributed by atoms with Crippen molar-refractivity contribution in [3.63, 3.8) is 0 Å². The van der Waals surface area contributed by atoms with Crippen molar-refractivity contribution in [1.82, 2.24) is 0 Å². The van der Waals surface area contributed by atoms with E-state index >= 15 is 0 Å². The molecule has 0 saturated heterocycles. The van der Waals surface area contributed by atoms with Gasteiger partial charge in [-0.15, -0.1) is 0 Å². The maximum absolute atomic E-state index is 12.3. The van der Waals surface area contributed by atoms with Gasteiger partial charge in [0.05, 0.1) is 5.75 Å². The van der Waals surface area contributed by atoms with Crippen LogP contribution >= 0.6 is 0 Å². The number of ether oxygens (including phenoxy) is 1. The standard InChI is InChI=1S/C13H24O4S/c1-3-17-13(9-6-4-5-7-10-13)12(14)8-11-18(2,15)16/h3-11H2,1-2H3. The van der Waals surface area contributed by atoms with Crippen molar-refractivity contribution in [3.05, 3.63) is 0 Å².